The van der Waals surface area contributed by atoms with Crippen LogP contribution in [0.4, 0.5) is 9.93 Å². The number of aryl methyl sites for hydroxylation is 2. The van der Waals surface area contributed by atoms with E-state index in [9.17, 15) is 14.4 Å². The van der Waals surface area contributed by atoms with E-state index in [0.717, 1.165) is 26.6 Å². The molecule has 1 aromatic heterocycles. The number of nitrogens with one attached hydrogen (secondary N) is 2. The predicted molar refractivity (Wildman–Crippen MR) is 120 cm³/mol. The van der Waals surface area contributed by atoms with Crippen molar-refractivity contribution in [3.63, 3.8) is 0 Å². The van der Waals surface area contributed by atoms with Gasteiger partial charge >= 0.3 is 6.03 Å². The first kappa shape index (κ1) is 20.7. The highest BCUT2D eigenvalue weighted by Gasteiger charge is 2.49. The lowest BCUT2D eigenvalue weighted by Gasteiger charge is -2.21. The third-order valence-corrected chi connectivity index (χ3v) is 6.18. The Morgan fingerprint density at radius 1 is 1.10 bits per heavy atom. The molecule has 1 aliphatic heterocycles. The van der Waals surface area contributed by atoms with E-state index in [1.54, 1.807) is 31.2 Å². The minimum Gasteiger partial charge on any atom is -0.319 e. The number of amides is 4. The van der Waals surface area contributed by atoms with Gasteiger partial charge in [0.15, 0.2) is 5.13 Å². The standard InChI is InChI=1S/C23H22N4O3S/c1-14-9-11-16(12-10-14)19-15(2)31-21(25-19)24-18(28)13-27-20(29)23(3,26-22(27)30)17-7-5-4-6-8-17/h4-12H,13H2,1-3H3,(H,26,30)(H,24,25,28). The van der Waals surface area contributed by atoms with Gasteiger partial charge in [0.1, 0.15) is 12.1 Å². The van der Waals surface area contributed by atoms with Gasteiger partial charge in [0.25, 0.3) is 5.91 Å². The predicted octanol–water partition coefficient (Wildman–Crippen LogP) is 3.83. The average Bonchev–Trinajstić information content (AvgIpc) is 3.21. The van der Waals surface area contributed by atoms with E-state index >= 15 is 0 Å². The normalized spacial score (nSPS) is 18.2. The van der Waals surface area contributed by atoms with E-state index in [1.165, 1.54) is 11.3 Å². The van der Waals surface area contributed by atoms with Crippen molar-refractivity contribution in [1.29, 1.82) is 0 Å². The summed E-state index contributed by atoms with van der Waals surface area (Å²) in [6.07, 6.45) is 0. The minimum atomic E-state index is -1.20. The molecule has 3 aromatic rings. The van der Waals surface area contributed by atoms with Crippen molar-refractivity contribution in [3.8, 4) is 11.3 Å². The Morgan fingerprint density at radius 3 is 2.45 bits per heavy atom. The maximum absolute atomic E-state index is 12.9. The first-order valence-corrected chi connectivity index (χ1v) is 10.6. The molecule has 2 heterocycles. The summed E-state index contributed by atoms with van der Waals surface area (Å²) in [4.78, 5) is 44.4. The van der Waals surface area contributed by atoms with Gasteiger partial charge < -0.3 is 10.6 Å². The SMILES string of the molecule is Cc1ccc(-c2nc(NC(=O)CN3C(=O)NC(C)(c4ccccc4)C3=O)sc2C)cc1. The third-order valence-electron chi connectivity index (χ3n) is 5.30. The van der Waals surface area contributed by atoms with Crippen molar-refractivity contribution < 1.29 is 14.4 Å². The number of benzene rings is 2. The second-order valence-corrected chi connectivity index (χ2v) is 8.85. The number of hydrogen-bond donors (Lipinski definition) is 2. The van der Waals surface area contributed by atoms with E-state index in [0.29, 0.717) is 10.7 Å². The van der Waals surface area contributed by atoms with Crippen molar-refractivity contribution in [2.45, 2.75) is 26.3 Å². The molecule has 0 bridgehead atoms. The molecule has 4 rings (SSSR count). The van der Waals surface area contributed by atoms with Gasteiger partial charge in [-0.3, -0.25) is 14.5 Å². The molecule has 0 aliphatic carbocycles. The third kappa shape index (κ3) is 3.94. The van der Waals surface area contributed by atoms with Crippen LogP contribution in [0.3, 0.4) is 0 Å². The summed E-state index contributed by atoms with van der Waals surface area (Å²) in [5.41, 5.74) is 2.38. The topological polar surface area (TPSA) is 91.4 Å². The van der Waals surface area contributed by atoms with Crippen LogP contribution in [0.2, 0.25) is 0 Å². The number of aromatic nitrogens is 1. The van der Waals surface area contributed by atoms with Crippen LogP contribution in [-0.2, 0) is 15.1 Å². The number of thiazole rings is 1. The Hall–Kier alpha value is -3.52. The van der Waals surface area contributed by atoms with Crippen LogP contribution >= 0.6 is 11.3 Å². The number of carbonyl (C=O) groups excluding carboxylic acids is 3. The highest BCUT2D eigenvalue weighted by Crippen LogP contribution is 2.31. The molecule has 158 valence electrons. The first-order valence-electron chi connectivity index (χ1n) is 9.82. The van der Waals surface area contributed by atoms with Gasteiger partial charge in [0, 0.05) is 10.4 Å². The van der Waals surface area contributed by atoms with Crippen LogP contribution in [-0.4, -0.2) is 34.3 Å². The van der Waals surface area contributed by atoms with Crippen molar-refractivity contribution in [2.75, 3.05) is 11.9 Å². The van der Waals surface area contributed by atoms with E-state index in [1.807, 2.05) is 44.2 Å². The summed E-state index contributed by atoms with van der Waals surface area (Å²) in [6, 6.07) is 16.4. The molecular formula is C23H22N4O3S. The summed E-state index contributed by atoms with van der Waals surface area (Å²) in [6.45, 7) is 5.21. The Kier molecular flexibility index (Phi) is 5.32. The van der Waals surface area contributed by atoms with Crippen molar-refractivity contribution in [2.24, 2.45) is 0 Å². The maximum atomic E-state index is 12.9. The Morgan fingerprint density at radius 2 is 1.77 bits per heavy atom. The fraction of sp³-hybridized carbons (Fsp3) is 0.217. The largest absolute Gasteiger partial charge is 0.325 e. The van der Waals surface area contributed by atoms with Gasteiger partial charge in [-0.05, 0) is 26.3 Å². The Balaban J connectivity index is 1.47. The zero-order valence-corrected chi connectivity index (χ0v) is 18.2. The average molecular weight is 435 g/mol. The molecule has 1 atom stereocenters. The smallest absolute Gasteiger partial charge is 0.319 e. The molecule has 1 fully saturated rings. The number of urea groups is 1. The Bertz CT molecular complexity index is 1160. The van der Waals surface area contributed by atoms with E-state index in [4.69, 9.17) is 0 Å². The molecule has 1 saturated heterocycles. The van der Waals surface area contributed by atoms with Gasteiger partial charge in [0.05, 0.1) is 5.69 Å². The van der Waals surface area contributed by atoms with E-state index in [2.05, 4.69) is 15.6 Å². The van der Waals surface area contributed by atoms with Crippen LogP contribution in [0.1, 0.15) is 22.9 Å². The van der Waals surface area contributed by atoms with E-state index in [-0.39, 0.29) is 6.54 Å². The minimum absolute atomic E-state index is 0.383. The van der Waals surface area contributed by atoms with Crippen LogP contribution in [0.15, 0.2) is 54.6 Å². The van der Waals surface area contributed by atoms with Crippen molar-refractivity contribution >= 4 is 34.3 Å². The van der Waals surface area contributed by atoms with Crippen molar-refractivity contribution in [3.05, 3.63) is 70.6 Å². The molecule has 7 nitrogen and oxygen atoms in total. The summed E-state index contributed by atoms with van der Waals surface area (Å²) >= 11 is 1.35. The highest BCUT2D eigenvalue weighted by atomic mass is 32.1. The highest BCUT2D eigenvalue weighted by molar-refractivity contribution is 7.16. The summed E-state index contributed by atoms with van der Waals surface area (Å²) in [5, 5.41) is 5.84. The number of hydrogen-bond acceptors (Lipinski definition) is 5. The second kappa shape index (κ2) is 7.96. The molecular weight excluding hydrogens is 412 g/mol. The van der Waals surface area contributed by atoms with Crippen LogP contribution in [0, 0.1) is 13.8 Å². The zero-order valence-electron chi connectivity index (χ0n) is 17.4. The second-order valence-electron chi connectivity index (χ2n) is 7.65. The van der Waals surface area contributed by atoms with E-state index < -0.39 is 23.4 Å². The fourth-order valence-electron chi connectivity index (χ4n) is 3.54. The summed E-state index contributed by atoms with van der Waals surface area (Å²) < 4.78 is 0. The van der Waals surface area contributed by atoms with Crippen LogP contribution in [0.5, 0.6) is 0 Å². The van der Waals surface area contributed by atoms with Gasteiger partial charge in [-0.2, -0.15) is 0 Å². The van der Waals surface area contributed by atoms with Gasteiger partial charge in [-0.1, -0.05) is 60.2 Å². The molecule has 1 unspecified atom stereocenters. The molecule has 0 spiro atoms. The lowest BCUT2D eigenvalue weighted by molar-refractivity contribution is -0.133. The maximum Gasteiger partial charge on any atom is 0.325 e. The number of anilines is 1. The van der Waals surface area contributed by atoms with Gasteiger partial charge in [-0.25, -0.2) is 9.78 Å². The molecule has 2 N–H and O–H groups in total. The summed E-state index contributed by atoms with van der Waals surface area (Å²) in [7, 11) is 0. The van der Waals surface area contributed by atoms with Gasteiger partial charge in [-0.15, -0.1) is 11.3 Å². The van der Waals surface area contributed by atoms with Crippen LogP contribution < -0.4 is 10.6 Å². The van der Waals surface area contributed by atoms with Gasteiger partial charge in [0.2, 0.25) is 5.91 Å². The summed E-state index contributed by atoms with van der Waals surface area (Å²) in [5.74, 6) is -0.945. The number of nitrogens with zero attached hydrogens (tertiary/aromatic N) is 2. The van der Waals surface area contributed by atoms with Crippen LogP contribution in [0.25, 0.3) is 11.3 Å². The molecule has 31 heavy (non-hydrogen) atoms. The molecule has 8 heteroatoms. The number of carbonyl (C=O) groups is 3. The monoisotopic (exact) mass is 434 g/mol. The lowest BCUT2D eigenvalue weighted by Crippen LogP contribution is -2.42. The molecule has 4 amide bonds. The molecule has 1 aliphatic rings. The molecule has 0 saturated carbocycles. The Labute approximate surface area is 184 Å². The molecule has 0 radical (unpaired) electrons. The fourth-order valence-corrected chi connectivity index (χ4v) is 4.39. The molecule has 2 aromatic carbocycles. The quantitative estimate of drug-likeness (QED) is 0.597. The zero-order chi connectivity index (χ0) is 22.2. The first-order chi connectivity index (χ1) is 14.8. The van der Waals surface area contributed by atoms with Crippen molar-refractivity contribution in [1.82, 2.24) is 15.2 Å². The number of rotatable bonds is 5. The number of imide groups is 1. The lowest BCUT2D eigenvalue weighted by atomic mass is 9.92.